The molecule has 0 aromatic carbocycles. The quantitative estimate of drug-likeness (QED) is 0.512. The van der Waals surface area contributed by atoms with Crippen molar-refractivity contribution in [2.45, 2.75) is 19.3 Å². The maximum absolute atomic E-state index is 11.0. The lowest BCUT2D eigenvalue weighted by atomic mass is 9.72. The molecule has 56 valence electrons. The van der Waals surface area contributed by atoms with E-state index in [1.807, 2.05) is 0 Å². The van der Waals surface area contributed by atoms with Crippen LogP contribution in [-0.2, 0) is 9.53 Å². The summed E-state index contributed by atoms with van der Waals surface area (Å²) in [4.78, 5) is 11.0. The van der Waals surface area contributed by atoms with Gasteiger partial charge in [-0.25, -0.2) is 0 Å². The lowest BCUT2D eigenvalue weighted by Crippen LogP contribution is -2.35. The minimum atomic E-state index is 0.0266. The van der Waals surface area contributed by atoms with Crippen molar-refractivity contribution in [3.05, 3.63) is 0 Å². The summed E-state index contributed by atoms with van der Waals surface area (Å²) in [5.74, 6) is 1.67. The highest BCUT2D eigenvalue weighted by Crippen LogP contribution is 2.53. The van der Waals surface area contributed by atoms with Crippen LogP contribution < -0.4 is 0 Å². The smallest absolute Gasteiger partial charge is 0.309 e. The minimum Gasteiger partial charge on any atom is -0.469 e. The van der Waals surface area contributed by atoms with Gasteiger partial charge in [-0.05, 0) is 31.1 Å². The van der Waals surface area contributed by atoms with Gasteiger partial charge in [-0.15, -0.1) is 0 Å². The fourth-order valence-electron chi connectivity index (χ4n) is 2.42. The van der Waals surface area contributed by atoms with E-state index in [1.54, 1.807) is 0 Å². The van der Waals surface area contributed by atoms with Crippen molar-refractivity contribution in [1.29, 1.82) is 0 Å². The molecule has 3 aliphatic carbocycles. The molecule has 0 aromatic heterocycles. The average molecular weight is 140 g/mol. The normalized spacial score (nSPS) is 42.7. The molecule has 0 aromatic rings. The van der Waals surface area contributed by atoms with E-state index in [-0.39, 0.29) is 11.9 Å². The van der Waals surface area contributed by atoms with Crippen LogP contribution in [0, 0.1) is 17.8 Å². The molecule has 0 spiro atoms. The van der Waals surface area contributed by atoms with Crippen molar-refractivity contribution in [2.24, 2.45) is 17.8 Å². The van der Waals surface area contributed by atoms with Gasteiger partial charge in [0, 0.05) is 0 Å². The van der Waals surface area contributed by atoms with E-state index in [1.165, 1.54) is 26.4 Å². The Morgan fingerprint density at radius 1 is 1.40 bits per heavy atom. The number of esters is 1. The summed E-state index contributed by atoms with van der Waals surface area (Å²) >= 11 is 0. The first-order valence-electron chi connectivity index (χ1n) is 3.90. The van der Waals surface area contributed by atoms with Crippen LogP contribution in [0.3, 0.4) is 0 Å². The summed E-state index contributed by atoms with van der Waals surface area (Å²) in [6, 6.07) is 0. The van der Waals surface area contributed by atoms with Crippen molar-refractivity contribution in [3.8, 4) is 0 Å². The van der Waals surface area contributed by atoms with Gasteiger partial charge in [0.2, 0.25) is 0 Å². The van der Waals surface area contributed by atoms with Gasteiger partial charge < -0.3 is 4.74 Å². The number of carbonyl (C=O) groups excluding carboxylic acids is 1. The molecule has 3 rings (SSSR count). The number of fused-ring (bicyclic) bond motifs is 1. The summed E-state index contributed by atoms with van der Waals surface area (Å²) in [6.07, 6.45) is 3.79. The SMILES string of the molecule is COC(=O)C1C2CCC1C2. The summed E-state index contributed by atoms with van der Waals surface area (Å²) in [7, 11) is 1.49. The number of ether oxygens (including phenoxy) is 1. The first kappa shape index (κ1) is 6.20. The lowest BCUT2D eigenvalue weighted by Gasteiger charge is -2.32. The van der Waals surface area contributed by atoms with Crippen LogP contribution in [0.1, 0.15) is 19.3 Å². The van der Waals surface area contributed by atoms with Crippen molar-refractivity contribution in [3.63, 3.8) is 0 Å². The number of hydrogen-bond donors (Lipinski definition) is 0. The van der Waals surface area contributed by atoms with Gasteiger partial charge in [-0.3, -0.25) is 4.79 Å². The molecule has 0 amide bonds. The maximum atomic E-state index is 11.0. The molecular formula is C8H12O2. The van der Waals surface area contributed by atoms with E-state index in [0.717, 1.165) is 0 Å². The molecule has 0 N–H and O–H groups in total. The predicted octanol–water partition coefficient (Wildman–Crippen LogP) is 1.21. The Bertz CT molecular complexity index is 151. The van der Waals surface area contributed by atoms with Crippen molar-refractivity contribution < 1.29 is 9.53 Å². The molecule has 2 nitrogen and oxygen atoms in total. The monoisotopic (exact) mass is 140 g/mol. The molecule has 2 unspecified atom stereocenters. The van der Waals surface area contributed by atoms with Crippen LogP contribution in [0.4, 0.5) is 0 Å². The van der Waals surface area contributed by atoms with Crippen LogP contribution in [-0.4, -0.2) is 13.1 Å². The van der Waals surface area contributed by atoms with E-state index in [9.17, 15) is 4.79 Å². The Labute approximate surface area is 60.6 Å². The summed E-state index contributed by atoms with van der Waals surface area (Å²) in [5.41, 5.74) is 0. The zero-order valence-corrected chi connectivity index (χ0v) is 6.17. The Morgan fingerprint density at radius 2 is 2.00 bits per heavy atom. The van der Waals surface area contributed by atoms with E-state index in [2.05, 4.69) is 0 Å². The molecule has 0 heterocycles. The second kappa shape index (κ2) is 1.97. The standard InChI is InChI=1S/C8H12O2/c1-10-8(9)7-5-2-3-6(7)4-5/h5-7H,2-4H2,1H3. The lowest BCUT2D eigenvalue weighted by molar-refractivity contribution is -0.152. The summed E-state index contributed by atoms with van der Waals surface area (Å²) in [5, 5.41) is 0. The second-order valence-corrected chi connectivity index (χ2v) is 3.38. The molecular weight excluding hydrogens is 128 g/mol. The minimum absolute atomic E-state index is 0.0266. The molecule has 3 aliphatic rings. The molecule has 2 atom stereocenters. The zero-order valence-electron chi connectivity index (χ0n) is 6.17. The van der Waals surface area contributed by atoms with E-state index in [4.69, 9.17) is 4.74 Å². The number of rotatable bonds is 1. The molecule has 0 radical (unpaired) electrons. The fourth-order valence-corrected chi connectivity index (χ4v) is 2.42. The number of methoxy groups -OCH3 is 1. The van der Waals surface area contributed by atoms with Crippen LogP contribution in [0.15, 0.2) is 0 Å². The van der Waals surface area contributed by atoms with Crippen molar-refractivity contribution >= 4 is 5.97 Å². The van der Waals surface area contributed by atoms with Gasteiger partial charge >= 0.3 is 5.97 Å². The first-order valence-corrected chi connectivity index (χ1v) is 3.90. The van der Waals surface area contributed by atoms with Gasteiger partial charge in [0.05, 0.1) is 13.0 Å². The van der Waals surface area contributed by atoms with Gasteiger partial charge in [0.1, 0.15) is 0 Å². The molecule has 2 heteroatoms. The summed E-state index contributed by atoms with van der Waals surface area (Å²) in [6.45, 7) is 0. The third-order valence-corrected chi connectivity index (χ3v) is 3.00. The summed E-state index contributed by atoms with van der Waals surface area (Å²) < 4.78 is 4.70. The molecule has 10 heavy (non-hydrogen) atoms. The van der Waals surface area contributed by atoms with Crippen molar-refractivity contribution in [2.75, 3.05) is 7.11 Å². The highest BCUT2D eigenvalue weighted by molar-refractivity contribution is 5.74. The van der Waals surface area contributed by atoms with Crippen LogP contribution >= 0.6 is 0 Å². The van der Waals surface area contributed by atoms with Crippen LogP contribution in [0.2, 0.25) is 0 Å². The Kier molecular flexibility index (Phi) is 1.22. The Balaban J connectivity index is 2.02. The van der Waals surface area contributed by atoms with E-state index >= 15 is 0 Å². The molecule has 0 saturated heterocycles. The highest BCUT2D eigenvalue weighted by atomic mass is 16.5. The maximum Gasteiger partial charge on any atom is 0.309 e. The van der Waals surface area contributed by atoms with E-state index in [0.29, 0.717) is 11.8 Å². The highest BCUT2D eigenvalue weighted by Gasteiger charge is 2.51. The third kappa shape index (κ3) is 0.619. The topological polar surface area (TPSA) is 26.3 Å². The molecule has 3 fully saturated rings. The van der Waals surface area contributed by atoms with Gasteiger partial charge in [-0.1, -0.05) is 0 Å². The Hall–Kier alpha value is -0.530. The predicted molar refractivity (Wildman–Crippen MR) is 36.3 cm³/mol. The molecule has 0 aliphatic heterocycles. The molecule has 2 bridgehead atoms. The van der Waals surface area contributed by atoms with E-state index < -0.39 is 0 Å². The molecule has 3 saturated carbocycles. The van der Waals surface area contributed by atoms with Crippen LogP contribution in [0.25, 0.3) is 0 Å². The second-order valence-electron chi connectivity index (χ2n) is 3.38. The third-order valence-electron chi connectivity index (χ3n) is 3.00. The van der Waals surface area contributed by atoms with Crippen molar-refractivity contribution in [1.82, 2.24) is 0 Å². The van der Waals surface area contributed by atoms with Gasteiger partial charge in [0.25, 0.3) is 0 Å². The Morgan fingerprint density at radius 3 is 2.40 bits per heavy atom. The average Bonchev–Trinajstić information content (AvgIpc) is 2.44. The largest absolute Gasteiger partial charge is 0.469 e. The van der Waals surface area contributed by atoms with Gasteiger partial charge in [0.15, 0.2) is 0 Å². The zero-order chi connectivity index (χ0) is 7.14. The van der Waals surface area contributed by atoms with Gasteiger partial charge in [-0.2, -0.15) is 0 Å². The fraction of sp³-hybridized carbons (Fsp3) is 0.875. The van der Waals surface area contributed by atoms with Crippen LogP contribution in [0.5, 0.6) is 0 Å². The number of carbonyl (C=O) groups is 1. The number of hydrogen-bond acceptors (Lipinski definition) is 2. The first-order chi connectivity index (χ1) is 4.83.